The molecule has 0 radical (unpaired) electrons. The lowest BCUT2D eigenvalue weighted by molar-refractivity contribution is -0.115. The van der Waals surface area contributed by atoms with E-state index in [1.54, 1.807) is 0 Å². The molecule has 7 aromatic rings. The standard InChI is InChI=1S/C36H26B2N2S2.2C3H6O/c1-21-29-31-35(25-17-9-11-19-27(25)39-37(31)23-13-5-3-6-14-23)42-34(29)22(2)30-32-36(41-33(21)30)26-18-10-12-20-28(26)40-38(32)24-15-7-4-8-16-24;2*1-3(2)4/h3-20,39-40H,1-2H3;2*1-2H3. The molecule has 2 N–H and O–H groups in total. The molecule has 4 nitrogen and oxygen atoms in total. The van der Waals surface area contributed by atoms with Crippen LogP contribution < -0.4 is 32.3 Å². The van der Waals surface area contributed by atoms with Gasteiger partial charge in [0.25, 0.3) is 0 Å². The van der Waals surface area contributed by atoms with E-state index in [0.717, 1.165) is 0 Å². The SMILES string of the molecule is CC(C)=O.CC(C)=O.Cc1c2sc3c(c2c(C)c2sc4c(c12)B(c1ccccc1)Nc1ccccc1-4)B(c1ccccc1)Nc1ccccc1-3. The van der Waals surface area contributed by atoms with Gasteiger partial charge in [0.1, 0.15) is 11.6 Å². The lowest BCUT2D eigenvalue weighted by Crippen LogP contribution is -2.51. The number of anilines is 2. The van der Waals surface area contributed by atoms with Gasteiger partial charge in [-0.05, 0) is 86.5 Å². The molecule has 0 unspecified atom stereocenters. The van der Waals surface area contributed by atoms with E-state index in [1.807, 2.05) is 22.7 Å². The van der Waals surface area contributed by atoms with E-state index < -0.39 is 0 Å². The van der Waals surface area contributed by atoms with E-state index in [1.165, 1.54) is 113 Å². The summed E-state index contributed by atoms with van der Waals surface area (Å²) in [5.41, 5.74) is 13.3. The zero-order valence-electron chi connectivity index (χ0n) is 29.2. The van der Waals surface area contributed by atoms with E-state index in [4.69, 9.17) is 0 Å². The van der Waals surface area contributed by atoms with Gasteiger partial charge in [0, 0.05) is 41.7 Å². The highest BCUT2D eigenvalue weighted by atomic mass is 32.1. The van der Waals surface area contributed by atoms with Gasteiger partial charge in [-0.2, -0.15) is 0 Å². The first-order valence-electron chi connectivity index (χ1n) is 16.9. The molecular weight excluding hydrogens is 650 g/mol. The molecule has 0 saturated heterocycles. The zero-order valence-corrected chi connectivity index (χ0v) is 30.8. The Morgan fingerprint density at radius 3 is 1.18 bits per heavy atom. The molecule has 2 aromatic heterocycles. The first-order chi connectivity index (χ1) is 24.2. The Morgan fingerprint density at radius 1 is 0.500 bits per heavy atom. The maximum absolute atomic E-state index is 9.44. The molecule has 2 aliphatic rings. The van der Waals surface area contributed by atoms with Crippen molar-refractivity contribution in [1.82, 2.24) is 0 Å². The lowest BCUT2D eigenvalue weighted by atomic mass is 9.47. The molecule has 9 rings (SSSR count). The van der Waals surface area contributed by atoms with Crippen molar-refractivity contribution < 1.29 is 9.59 Å². The van der Waals surface area contributed by atoms with Crippen molar-refractivity contribution in [1.29, 1.82) is 0 Å². The second-order valence-electron chi connectivity index (χ2n) is 13.2. The van der Waals surface area contributed by atoms with Crippen molar-refractivity contribution in [3.63, 3.8) is 0 Å². The molecular formula is C42H38B2N2O2S2. The number of thiophene rings is 2. The maximum atomic E-state index is 9.44. The number of para-hydroxylation sites is 2. The van der Waals surface area contributed by atoms with Gasteiger partial charge in [0.15, 0.2) is 0 Å². The molecule has 0 amide bonds. The number of hydrogen-bond donors (Lipinski definition) is 2. The summed E-state index contributed by atoms with van der Waals surface area (Å²) in [6.45, 7) is 11.0. The monoisotopic (exact) mass is 688 g/mol. The molecule has 0 aliphatic carbocycles. The van der Waals surface area contributed by atoms with Crippen LogP contribution in [0.15, 0.2) is 109 Å². The molecule has 2 aliphatic heterocycles. The van der Waals surface area contributed by atoms with Crippen LogP contribution in [0.3, 0.4) is 0 Å². The lowest BCUT2D eigenvalue weighted by Gasteiger charge is -2.26. The highest BCUT2D eigenvalue weighted by Gasteiger charge is 2.38. The Kier molecular flexibility index (Phi) is 9.25. The number of benzene rings is 5. The number of ketones is 2. The smallest absolute Gasteiger partial charge is 0.323 e. The number of carbonyl (C=O) groups excluding carboxylic acids is 2. The van der Waals surface area contributed by atoms with Crippen molar-refractivity contribution in [3.8, 4) is 20.9 Å². The molecule has 0 spiro atoms. The summed E-state index contributed by atoms with van der Waals surface area (Å²) in [5, 5.41) is 10.7. The van der Waals surface area contributed by atoms with Crippen LogP contribution in [0.4, 0.5) is 11.4 Å². The van der Waals surface area contributed by atoms with Crippen LogP contribution in [-0.2, 0) is 9.59 Å². The molecule has 4 heterocycles. The minimum absolute atomic E-state index is 0.106. The van der Waals surface area contributed by atoms with Crippen molar-refractivity contribution in [3.05, 3.63) is 120 Å². The second kappa shape index (κ2) is 13.8. The summed E-state index contributed by atoms with van der Waals surface area (Å²) in [7, 11) is 0. The fraction of sp³-hybridized carbons (Fsp3) is 0.143. The molecule has 8 heteroatoms. The fourth-order valence-corrected chi connectivity index (χ4v) is 10.1. The summed E-state index contributed by atoms with van der Waals surface area (Å²) < 4.78 is 2.83. The van der Waals surface area contributed by atoms with Gasteiger partial charge in [-0.3, -0.25) is 0 Å². The van der Waals surface area contributed by atoms with Crippen LogP contribution in [-0.4, -0.2) is 25.3 Å². The highest BCUT2D eigenvalue weighted by molar-refractivity contribution is 7.27. The van der Waals surface area contributed by atoms with E-state index in [0.29, 0.717) is 0 Å². The van der Waals surface area contributed by atoms with Crippen molar-refractivity contribution in [2.75, 3.05) is 10.5 Å². The van der Waals surface area contributed by atoms with Gasteiger partial charge < -0.3 is 20.0 Å². The Labute approximate surface area is 302 Å². The third kappa shape index (κ3) is 5.97. The van der Waals surface area contributed by atoms with Gasteiger partial charge in [0.05, 0.1) is 0 Å². The Bertz CT molecular complexity index is 2220. The van der Waals surface area contributed by atoms with Gasteiger partial charge in [-0.25, -0.2) is 0 Å². The van der Waals surface area contributed by atoms with Crippen LogP contribution in [0.5, 0.6) is 0 Å². The Balaban J connectivity index is 0.000000447. The number of carbonyl (C=O) groups is 2. The molecule has 246 valence electrons. The summed E-state index contributed by atoms with van der Waals surface area (Å²) in [6, 6.07) is 39.5. The molecule has 0 atom stereocenters. The normalized spacial score (nSPS) is 12.2. The number of Topliss-reactive ketones (excluding diaryl/α,β-unsaturated/α-hetero) is 2. The van der Waals surface area contributed by atoms with Gasteiger partial charge in [0.2, 0.25) is 0 Å². The molecule has 0 bridgehead atoms. The quantitative estimate of drug-likeness (QED) is 0.180. The predicted molar refractivity (Wildman–Crippen MR) is 220 cm³/mol. The molecule has 0 fully saturated rings. The predicted octanol–water partition coefficient (Wildman–Crippen LogP) is 8.32. The molecule has 0 saturated carbocycles. The highest BCUT2D eigenvalue weighted by Crippen LogP contribution is 2.47. The van der Waals surface area contributed by atoms with Crippen LogP contribution >= 0.6 is 22.7 Å². The number of fused-ring (bicyclic) bond motifs is 10. The third-order valence-corrected chi connectivity index (χ3v) is 11.8. The largest absolute Gasteiger partial charge is 0.420 e. The topological polar surface area (TPSA) is 58.2 Å². The zero-order chi connectivity index (χ0) is 35.1. The summed E-state index contributed by atoms with van der Waals surface area (Å²) >= 11 is 3.95. The van der Waals surface area contributed by atoms with E-state index in [-0.39, 0.29) is 25.3 Å². The Hall–Kier alpha value is -4.91. The fourth-order valence-electron chi connectivity index (χ4n) is 7.20. The van der Waals surface area contributed by atoms with Gasteiger partial charge >= 0.3 is 13.7 Å². The average Bonchev–Trinajstić information content (AvgIpc) is 3.72. The van der Waals surface area contributed by atoms with Gasteiger partial charge in [-0.15, -0.1) is 22.7 Å². The maximum Gasteiger partial charge on any atom is 0.323 e. The summed E-state index contributed by atoms with van der Waals surface area (Å²) in [6.07, 6.45) is 0. The van der Waals surface area contributed by atoms with Crippen LogP contribution in [0, 0.1) is 13.8 Å². The Morgan fingerprint density at radius 2 is 0.820 bits per heavy atom. The second-order valence-corrected chi connectivity index (χ2v) is 15.3. The number of rotatable bonds is 2. The number of nitrogens with one attached hydrogen (secondary N) is 2. The van der Waals surface area contributed by atoms with Crippen molar-refractivity contribution in [2.24, 2.45) is 0 Å². The first kappa shape index (κ1) is 33.6. The van der Waals surface area contributed by atoms with Crippen molar-refractivity contribution >= 4 is 101 Å². The minimum Gasteiger partial charge on any atom is -0.420 e. The van der Waals surface area contributed by atoms with E-state index >= 15 is 0 Å². The summed E-state index contributed by atoms with van der Waals surface area (Å²) in [5.74, 6) is 0.333. The summed E-state index contributed by atoms with van der Waals surface area (Å²) in [4.78, 5) is 21.7. The number of hydrogen-bond acceptors (Lipinski definition) is 6. The van der Waals surface area contributed by atoms with Gasteiger partial charge in [-0.1, -0.05) is 108 Å². The van der Waals surface area contributed by atoms with E-state index in [2.05, 4.69) is 133 Å². The molecule has 50 heavy (non-hydrogen) atoms. The van der Waals surface area contributed by atoms with Crippen LogP contribution in [0.2, 0.25) is 0 Å². The van der Waals surface area contributed by atoms with Crippen molar-refractivity contribution in [2.45, 2.75) is 41.5 Å². The van der Waals surface area contributed by atoms with Crippen LogP contribution in [0.1, 0.15) is 38.8 Å². The molecule has 5 aromatic carbocycles. The van der Waals surface area contributed by atoms with E-state index in [9.17, 15) is 9.59 Å². The number of aryl methyl sites for hydroxylation is 2. The first-order valence-corrected chi connectivity index (χ1v) is 18.6. The third-order valence-electron chi connectivity index (χ3n) is 9.11. The minimum atomic E-state index is 0.106. The average molecular weight is 689 g/mol. The van der Waals surface area contributed by atoms with Crippen LogP contribution in [0.25, 0.3) is 41.1 Å².